The van der Waals surface area contributed by atoms with Crippen molar-refractivity contribution in [3.63, 3.8) is 0 Å². The summed E-state index contributed by atoms with van der Waals surface area (Å²) in [6.07, 6.45) is -0.279. The van der Waals surface area contributed by atoms with Crippen LogP contribution in [0.1, 0.15) is 38.5 Å². The van der Waals surface area contributed by atoms with Crippen LogP contribution in [0.2, 0.25) is 0 Å². The second-order valence-corrected chi connectivity index (χ2v) is 5.82. The molecule has 0 unspecified atom stereocenters. The van der Waals surface area contributed by atoms with Gasteiger partial charge in [-0.25, -0.2) is 0 Å². The number of nitrogens with zero attached hydrogens (tertiary/aromatic N) is 2. The molecular weight excluding hydrogens is 243 g/mol. The van der Waals surface area contributed by atoms with E-state index in [0.717, 1.165) is 12.8 Å². The van der Waals surface area contributed by atoms with E-state index in [9.17, 15) is 13.2 Å². The maximum Gasteiger partial charge on any atom is 0.391 e. The van der Waals surface area contributed by atoms with Gasteiger partial charge in [-0.3, -0.25) is 4.99 Å². The van der Waals surface area contributed by atoms with Crippen molar-refractivity contribution in [3.05, 3.63) is 0 Å². The van der Waals surface area contributed by atoms with Crippen molar-refractivity contribution < 1.29 is 13.2 Å². The molecule has 3 rings (SSSR count). The Bertz CT molecular complexity index is 365. The van der Waals surface area contributed by atoms with Gasteiger partial charge in [-0.2, -0.15) is 13.2 Å². The second-order valence-electron chi connectivity index (χ2n) is 5.82. The van der Waals surface area contributed by atoms with Crippen LogP contribution in [0.3, 0.4) is 0 Å². The quantitative estimate of drug-likeness (QED) is 0.786. The lowest BCUT2D eigenvalue weighted by atomic mass is 9.75. The molecule has 2 aliphatic carbocycles. The molecule has 1 spiro atoms. The fraction of sp³-hybridized carbons (Fsp3) is 0.917. The van der Waals surface area contributed by atoms with E-state index in [1.165, 1.54) is 0 Å². The number of halogens is 3. The largest absolute Gasteiger partial charge is 0.391 e. The average Bonchev–Trinajstić information content (AvgIpc) is 3.06. The van der Waals surface area contributed by atoms with E-state index in [1.54, 1.807) is 0 Å². The minimum absolute atomic E-state index is 0.201. The first-order chi connectivity index (χ1) is 8.42. The van der Waals surface area contributed by atoms with Gasteiger partial charge < -0.3 is 10.6 Å². The van der Waals surface area contributed by atoms with Gasteiger partial charge in [-0.1, -0.05) is 0 Å². The first-order valence-corrected chi connectivity index (χ1v) is 6.58. The normalized spacial score (nSPS) is 37.2. The molecular formula is C12H18F3N3. The molecule has 2 saturated carbocycles. The van der Waals surface area contributed by atoms with Gasteiger partial charge in [0.15, 0.2) is 5.96 Å². The van der Waals surface area contributed by atoms with Crippen molar-refractivity contribution >= 4 is 5.96 Å². The number of alkyl halides is 3. The van der Waals surface area contributed by atoms with Crippen molar-refractivity contribution in [2.75, 3.05) is 6.54 Å². The molecule has 2 N–H and O–H groups in total. The molecule has 0 atom stereocenters. The standard InChI is InChI=1S/C12H18F3N3/c13-12(14,15)8-3-5-11(6-4-8)7-17-10(16)18(11)9-1-2-9/h8-9H,1-7H2,(H2,16,17). The Balaban J connectivity index is 1.71. The topological polar surface area (TPSA) is 41.6 Å². The fourth-order valence-electron chi connectivity index (χ4n) is 3.41. The van der Waals surface area contributed by atoms with E-state index in [4.69, 9.17) is 5.73 Å². The lowest BCUT2D eigenvalue weighted by Gasteiger charge is -2.44. The van der Waals surface area contributed by atoms with E-state index in [2.05, 4.69) is 9.89 Å². The maximum absolute atomic E-state index is 12.7. The molecule has 0 saturated heterocycles. The molecule has 3 nitrogen and oxygen atoms in total. The highest BCUT2D eigenvalue weighted by Gasteiger charge is 2.53. The van der Waals surface area contributed by atoms with E-state index >= 15 is 0 Å². The molecule has 0 aromatic heterocycles. The van der Waals surface area contributed by atoms with Crippen LogP contribution in [0.5, 0.6) is 0 Å². The first-order valence-electron chi connectivity index (χ1n) is 6.58. The molecule has 0 aromatic carbocycles. The molecule has 2 fully saturated rings. The summed E-state index contributed by atoms with van der Waals surface area (Å²) in [7, 11) is 0. The number of hydrogen-bond acceptors (Lipinski definition) is 3. The Kier molecular flexibility index (Phi) is 2.54. The molecule has 3 aliphatic rings. The van der Waals surface area contributed by atoms with Crippen LogP contribution in [-0.2, 0) is 0 Å². The zero-order valence-electron chi connectivity index (χ0n) is 10.2. The Hall–Kier alpha value is -0.940. The Labute approximate surface area is 104 Å². The fourth-order valence-corrected chi connectivity index (χ4v) is 3.41. The van der Waals surface area contributed by atoms with Crippen LogP contribution in [0.15, 0.2) is 4.99 Å². The third kappa shape index (κ3) is 1.86. The molecule has 1 aliphatic heterocycles. The lowest BCUT2D eigenvalue weighted by Crippen LogP contribution is -2.55. The monoisotopic (exact) mass is 261 g/mol. The van der Waals surface area contributed by atoms with E-state index < -0.39 is 12.1 Å². The minimum atomic E-state index is -4.04. The SMILES string of the molecule is NC1=NCC2(CCC(C(F)(F)F)CC2)N1C1CC1. The van der Waals surface area contributed by atoms with Gasteiger partial charge in [0.2, 0.25) is 0 Å². The van der Waals surface area contributed by atoms with Gasteiger partial charge in [0, 0.05) is 6.04 Å². The molecule has 1 heterocycles. The van der Waals surface area contributed by atoms with Crippen LogP contribution in [0, 0.1) is 5.92 Å². The summed E-state index contributed by atoms with van der Waals surface area (Å²) in [6, 6.07) is 0.429. The predicted molar refractivity (Wildman–Crippen MR) is 62.1 cm³/mol. The number of hydrogen-bond donors (Lipinski definition) is 1. The summed E-state index contributed by atoms with van der Waals surface area (Å²) in [6.45, 7) is 0.583. The van der Waals surface area contributed by atoms with Crippen molar-refractivity contribution in [1.29, 1.82) is 0 Å². The number of aliphatic imine (C=N–C) groups is 1. The van der Waals surface area contributed by atoms with E-state index in [1.807, 2.05) is 0 Å². The summed E-state index contributed by atoms with van der Waals surface area (Å²) in [4.78, 5) is 6.41. The Morgan fingerprint density at radius 2 is 1.78 bits per heavy atom. The van der Waals surface area contributed by atoms with Gasteiger partial charge in [-0.05, 0) is 38.5 Å². The van der Waals surface area contributed by atoms with Gasteiger partial charge >= 0.3 is 6.18 Å². The van der Waals surface area contributed by atoms with E-state index in [0.29, 0.717) is 31.4 Å². The molecule has 0 amide bonds. The third-order valence-electron chi connectivity index (χ3n) is 4.58. The number of rotatable bonds is 1. The lowest BCUT2D eigenvalue weighted by molar-refractivity contribution is -0.186. The van der Waals surface area contributed by atoms with E-state index in [-0.39, 0.29) is 18.4 Å². The zero-order valence-corrected chi connectivity index (χ0v) is 10.2. The van der Waals surface area contributed by atoms with Crippen LogP contribution < -0.4 is 5.73 Å². The Morgan fingerprint density at radius 3 is 2.28 bits per heavy atom. The highest BCUT2D eigenvalue weighted by molar-refractivity contribution is 5.81. The van der Waals surface area contributed by atoms with Gasteiger partial charge in [-0.15, -0.1) is 0 Å². The third-order valence-corrected chi connectivity index (χ3v) is 4.58. The first kappa shape index (κ1) is 12.1. The minimum Gasteiger partial charge on any atom is -0.370 e. The molecule has 0 bridgehead atoms. The molecule has 0 aromatic rings. The summed E-state index contributed by atoms with van der Waals surface area (Å²) >= 11 is 0. The summed E-state index contributed by atoms with van der Waals surface area (Å²) < 4.78 is 38.1. The molecule has 0 radical (unpaired) electrons. The van der Waals surface area contributed by atoms with Crippen LogP contribution >= 0.6 is 0 Å². The van der Waals surface area contributed by atoms with Crippen LogP contribution in [-0.4, -0.2) is 35.2 Å². The Morgan fingerprint density at radius 1 is 1.17 bits per heavy atom. The van der Waals surface area contributed by atoms with Crippen molar-refractivity contribution in [2.45, 2.75) is 56.3 Å². The molecule has 102 valence electrons. The zero-order chi connectivity index (χ0) is 13.0. The van der Waals surface area contributed by atoms with Crippen LogP contribution in [0.4, 0.5) is 13.2 Å². The highest BCUT2D eigenvalue weighted by Crippen LogP contribution is 2.47. The van der Waals surface area contributed by atoms with Gasteiger partial charge in [0.05, 0.1) is 18.0 Å². The summed E-state index contributed by atoms with van der Waals surface area (Å²) in [5, 5.41) is 0. The highest BCUT2D eigenvalue weighted by atomic mass is 19.4. The van der Waals surface area contributed by atoms with Gasteiger partial charge in [0.25, 0.3) is 0 Å². The second kappa shape index (κ2) is 3.78. The number of guanidine groups is 1. The summed E-state index contributed by atoms with van der Waals surface area (Å²) in [5.74, 6) is -0.589. The smallest absolute Gasteiger partial charge is 0.370 e. The average molecular weight is 261 g/mol. The van der Waals surface area contributed by atoms with Gasteiger partial charge in [0.1, 0.15) is 0 Å². The molecule has 18 heavy (non-hydrogen) atoms. The molecule has 6 heteroatoms. The predicted octanol–water partition coefficient (Wildman–Crippen LogP) is 2.27. The van der Waals surface area contributed by atoms with Crippen molar-refractivity contribution in [2.24, 2.45) is 16.6 Å². The van der Waals surface area contributed by atoms with Crippen molar-refractivity contribution in [3.8, 4) is 0 Å². The van der Waals surface area contributed by atoms with Crippen LogP contribution in [0.25, 0.3) is 0 Å². The van der Waals surface area contributed by atoms with Crippen molar-refractivity contribution in [1.82, 2.24) is 4.90 Å². The number of nitrogens with two attached hydrogens (primary N) is 1. The maximum atomic E-state index is 12.7. The summed E-state index contributed by atoms with van der Waals surface area (Å²) in [5.41, 5.74) is 5.70.